The number of hydrogen-bond donors (Lipinski definition) is 2. The number of hydrogen-bond acceptors (Lipinski definition) is 7. The lowest BCUT2D eigenvalue weighted by Gasteiger charge is -2.31. The number of carbonyl (C=O) groups is 1. The van der Waals surface area contributed by atoms with E-state index in [1.54, 1.807) is 24.3 Å². The molecule has 2 heterocycles. The number of halogens is 1. The van der Waals surface area contributed by atoms with Gasteiger partial charge in [0.25, 0.3) is 0 Å². The Morgan fingerprint density at radius 3 is 2.18 bits per heavy atom. The number of sulfonamides is 1. The zero-order chi connectivity index (χ0) is 30.9. The summed E-state index contributed by atoms with van der Waals surface area (Å²) < 4.78 is 31.5. The van der Waals surface area contributed by atoms with Gasteiger partial charge in [-0.25, -0.2) is 18.2 Å². The van der Waals surface area contributed by atoms with E-state index in [-0.39, 0.29) is 11.9 Å². The van der Waals surface area contributed by atoms with E-state index in [1.165, 1.54) is 22.5 Å². The van der Waals surface area contributed by atoms with Gasteiger partial charge in [0.05, 0.1) is 19.5 Å². The van der Waals surface area contributed by atoms with Gasteiger partial charge in [-0.2, -0.15) is 0 Å². The number of nitrogens with zero attached hydrogens (tertiary/aromatic N) is 3. The van der Waals surface area contributed by atoms with Crippen LogP contribution in [0.1, 0.15) is 23.5 Å². The van der Waals surface area contributed by atoms with Crippen LogP contribution in [-0.4, -0.2) is 81.4 Å². The van der Waals surface area contributed by atoms with Crippen molar-refractivity contribution in [1.29, 1.82) is 0 Å². The molecule has 0 unspecified atom stereocenters. The summed E-state index contributed by atoms with van der Waals surface area (Å²) in [5.41, 5.74) is 4.09. The predicted molar refractivity (Wildman–Crippen MR) is 178 cm³/mol. The van der Waals surface area contributed by atoms with E-state index < -0.39 is 10.0 Å². The van der Waals surface area contributed by atoms with Crippen LogP contribution < -0.4 is 10.0 Å². The molecule has 1 aliphatic heterocycles. The molecule has 0 bridgehead atoms. The average molecular weight is 654 g/mol. The summed E-state index contributed by atoms with van der Waals surface area (Å²) in [5.74, 6) is 0.136. The molecule has 12 heteroatoms. The van der Waals surface area contributed by atoms with E-state index in [4.69, 9.17) is 16.3 Å². The van der Waals surface area contributed by atoms with Gasteiger partial charge in [-0.15, -0.1) is 0 Å². The van der Waals surface area contributed by atoms with Crippen LogP contribution in [-0.2, 0) is 14.8 Å². The standard InChI is InChI=1S/C32H36ClN5O4S2/c1-44(40,41)36-27-14-12-26(13-15-27)29-30(33)43-31(34-29)35-32(39)38(19-18-37-20-22-42-23-21-37)17-16-28(24-8-4-2-5-9-24)25-10-6-3-7-11-25/h2-15,28,36H,16-23H2,1H3,(H,34,35,39). The Bertz CT molecular complexity index is 1570. The molecule has 0 radical (unpaired) electrons. The van der Waals surface area contributed by atoms with E-state index in [2.05, 4.69) is 44.2 Å². The number of carbonyl (C=O) groups excluding carboxylic acids is 1. The highest BCUT2D eigenvalue weighted by molar-refractivity contribution is 7.92. The van der Waals surface area contributed by atoms with Crippen molar-refractivity contribution in [3.63, 3.8) is 0 Å². The first kappa shape index (κ1) is 31.9. The van der Waals surface area contributed by atoms with Crippen molar-refractivity contribution in [1.82, 2.24) is 14.8 Å². The van der Waals surface area contributed by atoms with Crippen LogP contribution in [0, 0.1) is 0 Å². The van der Waals surface area contributed by atoms with Crippen molar-refractivity contribution in [2.45, 2.75) is 12.3 Å². The van der Waals surface area contributed by atoms with Crippen LogP contribution in [0.3, 0.4) is 0 Å². The van der Waals surface area contributed by atoms with Gasteiger partial charge in [-0.3, -0.25) is 14.9 Å². The fraction of sp³-hybridized carbons (Fsp3) is 0.312. The Kier molecular flexibility index (Phi) is 10.9. The molecule has 1 saturated heterocycles. The molecular weight excluding hydrogens is 618 g/mol. The van der Waals surface area contributed by atoms with Gasteiger partial charge in [0, 0.05) is 49.9 Å². The minimum Gasteiger partial charge on any atom is -0.379 e. The SMILES string of the molecule is CS(=O)(=O)Nc1ccc(-c2nc(NC(=O)N(CCC(c3ccccc3)c3ccccc3)CCN3CCOCC3)sc2Cl)cc1. The summed E-state index contributed by atoms with van der Waals surface area (Å²) in [6.07, 6.45) is 1.85. The highest BCUT2D eigenvalue weighted by atomic mass is 35.5. The molecule has 3 aromatic carbocycles. The van der Waals surface area contributed by atoms with Crippen LogP contribution in [0.4, 0.5) is 15.6 Å². The van der Waals surface area contributed by atoms with E-state index >= 15 is 0 Å². The number of aromatic nitrogens is 1. The molecule has 0 atom stereocenters. The molecule has 4 aromatic rings. The molecule has 0 aliphatic carbocycles. The van der Waals surface area contributed by atoms with Crippen molar-refractivity contribution in [2.24, 2.45) is 0 Å². The smallest absolute Gasteiger partial charge is 0.323 e. The van der Waals surface area contributed by atoms with Crippen LogP contribution in [0.2, 0.25) is 4.34 Å². The fourth-order valence-corrected chi connectivity index (χ4v) is 6.84. The first-order valence-electron chi connectivity index (χ1n) is 14.5. The van der Waals surface area contributed by atoms with Gasteiger partial charge in [-0.05, 0) is 29.7 Å². The van der Waals surface area contributed by atoms with Gasteiger partial charge in [0.1, 0.15) is 10.0 Å². The quantitative estimate of drug-likeness (QED) is 0.188. The predicted octanol–water partition coefficient (Wildman–Crippen LogP) is 6.22. The highest BCUT2D eigenvalue weighted by Crippen LogP contribution is 2.36. The molecule has 2 amide bonds. The van der Waals surface area contributed by atoms with E-state index in [0.717, 1.165) is 32.3 Å². The molecule has 232 valence electrons. The summed E-state index contributed by atoms with van der Waals surface area (Å²) in [4.78, 5) is 22.5. The van der Waals surface area contributed by atoms with Crippen LogP contribution in [0.5, 0.6) is 0 Å². The molecule has 44 heavy (non-hydrogen) atoms. The minimum atomic E-state index is -3.39. The maximum absolute atomic E-state index is 13.7. The molecule has 1 fully saturated rings. The zero-order valence-corrected chi connectivity index (χ0v) is 26.9. The van der Waals surface area contributed by atoms with Crippen molar-refractivity contribution in [2.75, 3.05) is 62.2 Å². The monoisotopic (exact) mass is 653 g/mol. The van der Waals surface area contributed by atoms with Crippen LogP contribution in [0.25, 0.3) is 11.3 Å². The normalized spacial score (nSPS) is 14.0. The van der Waals surface area contributed by atoms with Crippen molar-refractivity contribution in [3.8, 4) is 11.3 Å². The number of rotatable bonds is 12. The summed E-state index contributed by atoms with van der Waals surface area (Å²) in [6.45, 7) is 4.93. The van der Waals surface area contributed by atoms with Gasteiger partial charge in [0.15, 0.2) is 5.13 Å². The van der Waals surface area contributed by atoms with Gasteiger partial charge < -0.3 is 9.64 Å². The van der Waals surface area contributed by atoms with Crippen LogP contribution >= 0.6 is 22.9 Å². The Hall–Kier alpha value is -3.48. The lowest BCUT2D eigenvalue weighted by molar-refractivity contribution is 0.0351. The third-order valence-corrected chi connectivity index (χ3v) is 9.21. The third-order valence-electron chi connectivity index (χ3n) is 7.43. The maximum atomic E-state index is 13.7. The molecule has 5 rings (SSSR count). The van der Waals surface area contributed by atoms with Crippen molar-refractivity contribution in [3.05, 3.63) is 100 Å². The molecular formula is C32H36ClN5O4S2. The lowest BCUT2D eigenvalue weighted by Crippen LogP contribution is -2.44. The zero-order valence-electron chi connectivity index (χ0n) is 24.5. The Labute approximate surface area is 267 Å². The maximum Gasteiger partial charge on any atom is 0.323 e. The van der Waals surface area contributed by atoms with E-state index in [0.29, 0.717) is 52.7 Å². The van der Waals surface area contributed by atoms with E-state index in [9.17, 15) is 13.2 Å². The number of ether oxygens (including phenoxy) is 1. The first-order chi connectivity index (χ1) is 21.2. The van der Waals surface area contributed by atoms with Gasteiger partial charge in [-0.1, -0.05) is 95.7 Å². The largest absolute Gasteiger partial charge is 0.379 e. The molecule has 0 saturated carbocycles. The molecule has 0 spiro atoms. The molecule has 9 nitrogen and oxygen atoms in total. The van der Waals surface area contributed by atoms with Crippen molar-refractivity contribution >= 4 is 49.8 Å². The summed E-state index contributed by atoms with van der Waals surface area (Å²) in [7, 11) is -3.39. The topological polar surface area (TPSA) is 104 Å². The van der Waals surface area contributed by atoms with Crippen molar-refractivity contribution < 1.29 is 17.9 Å². The molecule has 1 aliphatic rings. The highest BCUT2D eigenvalue weighted by Gasteiger charge is 2.22. The molecule has 1 aromatic heterocycles. The van der Waals surface area contributed by atoms with E-state index in [1.807, 2.05) is 41.3 Å². The number of anilines is 2. The minimum absolute atomic E-state index is 0.136. The van der Waals surface area contributed by atoms with Gasteiger partial charge in [0.2, 0.25) is 10.0 Å². The Morgan fingerprint density at radius 1 is 0.977 bits per heavy atom. The van der Waals surface area contributed by atoms with Gasteiger partial charge >= 0.3 is 6.03 Å². The third kappa shape index (κ3) is 9.02. The van der Waals surface area contributed by atoms with Crippen LogP contribution in [0.15, 0.2) is 84.9 Å². The Balaban J connectivity index is 1.31. The number of amides is 2. The molecule has 2 N–H and O–H groups in total. The number of urea groups is 1. The second-order valence-corrected chi connectivity index (χ2v) is 14.0. The fourth-order valence-electron chi connectivity index (χ4n) is 5.20. The first-order valence-corrected chi connectivity index (χ1v) is 17.5. The summed E-state index contributed by atoms with van der Waals surface area (Å²) in [5, 5.41) is 3.38. The Morgan fingerprint density at radius 2 is 1.59 bits per heavy atom. The lowest BCUT2D eigenvalue weighted by atomic mass is 9.88. The number of morpholine rings is 1. The number of benzene rings is 3. The second kappa shape index (κ2) is 15.0. The summed E-state index contributed by atoms with van der Waals surface area (Å²) >= 11 is 7.74. The second-order valence-electron chi connectivity index (χ2n) is 10.6. The number of nitrogens with one attached hydrogen (secondary N) is 2. The average Bonchev–Trinajstić information content (AvgIpc) is 3.39. The number of thiazole rings is 1. The summed E-state index contributed by atoms with van der Waals surface area (Å²) in [6, 6.07) is 27.3.